The Labute approximate surface area is 132 Å². The Morgan fingerprint density at radius 2 is 1.83 bits per heavy atom. The number of aromatic amines is 2. The monoisotopic (exact) mass is 317 g/mol. The maximum Gasteiger partial charge on any atom is 0.286 e. The van der Waals surface area contributed by atoms with E-state index in [0.717, 1.165) is 0 Å². The third kappa shape index (κ3) is 3.65. The summed E-state index contributed by atoms with van der Waals surface area (Å²) < 4.78 is 0. The summed E-state index contributed by atoms with van der Waals surface area (Å²) in [5.74, 6) is -0.750. The number of carbonyl (C=O) groups is 2. The number of rotatable bonds is 2. The van der Waals surface area contributed by atoms with Gasteiger partial charge in [-0.05, 0) is 19.1 Å². The molecule has 0 saturated carbocycles. The normalized spacial score (nSPS) is 11.1. The average molecular weight is 317 g/mol. The molecule has 0 radical (unpaired) electrons. The van der Waals surface area contributed by atoms with E-state index in [4.69, 9.17) is 0 Å². The number of hydrogen-bond acceptors (Lipinski definition) is 4. The second-order valence-corrected chi connectivity index (χ2v) is 6.12. The summed E-state index contributed by atoms with van der Waals surface area (Å²) in [6, 6.07) is 3.21. The molecular weight excluding hydrogens is 298 g/mol. The van der Waals surface area contributed by atoms with Crippen LogP contribution in [0.1, 0.15) is 53.1 Å². The summed E-state index contributed by atoms with van der Waals surface area (Å²) in [6.45, 7) is 7.29. The van der Waals surface area contributed by atoms with Crippen LogP contribution in [-0.2, 0) is 5.41 Å². The fourth-order valence-electron chi connectivity index (χ4n) is 1.92. The highest BCUT2D eigenvalue weighted by molar-refractivity contribution is 5.98. The lowest BCUT2D eigenvalue weighted by atomic mass is 9.95. The van der Waals surface area contributed by atoms with Crippen LogP contribution in [0.25, 0.3) is 0 Å². The minimum absolute atomic E-state index is 0.134. The van der Waals surface area contributed by atoms with Gasteiger partial charge in [-0.25, -0.2) is 4.98 Å². The first-order chi connectivity index (χ1) is 10.7. The van der Waals surface area contributed by atoms with E-state index in [2.05, 4.69) is 25.8 Å². The van der Waals surface area contributed by atoms with Crippen LogP contribution in [0, 0.1) is 6.92 Å². The molecule has 2 heterocycles. The van der Waals surface area contributed by atoms with E-state index in [-0.39, 0.29) is 16.7 Å². The van der Waals surface area contributed by atoms with Crippen LogP contribution in [0.5, 0.6) is 0 Å². The van der Waals surface area contributed by atoms with Crippen molar-refractivity contribution in [3.8, 4) is 0 Å². The maximum atomic E-state index is 12.1. The van der Waals surface area contributed by atoms with E-state index in [0.29, 0.717) is 11.5 Å². The van der Waals surface area contributed by atoms with Crippen molar-refractivity contribution in [3.05, 3.63) is 51.5 Å². The lowest BCUT2D eigenvalue weighted by Gasteiger charge is -2.18. The molecule has 0 aliphatic heterocycles. The van der Waals surface area contributed by atoms with Gasteiger partial charge in [0.2, 0.25) is 0 Å². The molecule has 2 amide bonds. The molecule has 23 heavy (non-hydrogen) atoms. The second kappa shape index (κ2) is 6.07. The summed E-state index contributed by atoms with van der Waals surface area (Å²) in [6.07, 6.45) is 1.58. The van der Waals surface area contributed by atoms with Gasteiger partial charge in [0.1, 0.15) is 17.1 Å². The average Bonchev–Trinajstić information content (AvgIpc) is 2.97. The number of H-pyrrole nitrogens is 2. The summed E-state index contributed by atoms with van der Waals surface area (Å²) in [5, 5.41) is 0. The Morgan fingerprint density at radius 3 is 2.35 bits per heavy atom. The zero-order valence-corrected chi connectivity index (χ0v) is 13.4. The SMILES string of the molecule is Cc1nc(C(C)(C)C)[nH]c(=O)c1C(=O)NNC(=O)c1ccc[nH]1. The van der Waals surface area contributed by atoms with Crippen molar-refractivity contribution in [3.63, 3.8) is 0 Å². The quantitative estimate of drug-likeness (QED) is 0.612. The van der Waals surface area contributed by atoms with Crippen LogP contribution in [0.3, 0.4) is 0 Å². The molecule has 8 heteroatoms. The highest BCUT2D eigenvalue weighted by Gasteiger charge is 2.22. The number of hydrazine groups is 1. The van der Waals surface area contributed by atoms with E-state index in [1.54, 1.807) is 25.3 Å². The fraction of sp³-hybridized carbons (Fsp3) is 0.333. The van der Waals surface area contributed by atoms with Gasteiger partial charge in [0.25, 0.3) is 17.4 Å². The largest absolute Gasteiger partial charge is 0.357 e. The van der Waals surface area contributed by atoms with Crippen molar-refractivity contribution >= 4 is 11.8 Å². The van der Waals surface area contributed by atoms with Crippen molar-refractivity contribution in [2.75, 3.05) is 0 Å². The molecule has 122 valence electrons. The molecule has 0 aromatic carbocycles. The number of aromatic nitrogens is 3. The minimum Gasteiger partial charge on any atom is -0.357 e. The van der Waals surface area contributed by atoms with Gasteiger partial charge in [-0.15, -0.1) is 0 Å². The van der Waals surface area contributed by atoms with E-state index in [1.165, 1.54) is 0 Å². The van der Waals surface area contributed by atoms with Gasteiger partial charge in [-0.2, -0.15) is 0 Å². The Bertz CT molecular complexity index is 784. The van der Waals surface area contributed by atoms with Crippen LogP contribution >= 0.6 is 0 Å². The van der Waals surface area contributed by atoms with E-state index >= 15 is 0 Å². The van der Waals surface area contributed by atoms with Crippen LogP contribution in [-0.4, -0.2) is 26.8 Å². The van der Waals surface area contributed by atoms with Crippen molar-refractivity contribution < 1.29 is 9.59 Å². The highest BCUT2D eigenvalue weighted by atomic mass is 16.2. The Hall–Kier alpha value is -2.90. The lowest BCUT2D eigenvalue weighted by Crippen LogP contribution is -2.44. The smallest absolute Gasteiger partial charge is 0.286 e. The third-order valence-electron chi connectivity index (χ3n) is 3.17. The summed E-state index contributed by atoms with van der Waals surface area (Å²) in [4.78, 5) is 45.6. The van der Waals surface area contributed by atoms with Gasteiger partial charge in [0, 0.05) is 11.6 Å². The van der Waals surface area contributed by atoms with E-state index in [9.17, 15) is 14.4 Å². The topological polar surface area (TPSA) is 120 Å². The number of nitrogens with zero attached hydrogens (tertiary/aromatic N) is 1. The fourth-order valence-corrected chi connectivity index (χ4v) is 1.92. The number of carbonyl (C=O) groups excluding carboxylic acids is 2. The van der Waals surface area contributed by atoms with E-state index in [1.807, 2.05) is 20.8 Å². The molecule has 4 N–H and O–H groups in total. The van der Waals surface area contributed by atoms with Crippen LogP contribution < -0.4 is 16.4 Å². The molecule has 0 atom stereocenters. The molecule has 2 aromatic heterocycles. The molecule has 2 rings (SSSR count). The molecule has 8 nitrogen and oxygen atoms in total. The first-order valence-corrected chi connectivity index (χ1v) is 7.05. The Balaban J connectivity index is 2.17. The third-order valence-corrected chi connectivity index (χ3v) is 3.17. The molecule has 0 aliphatic rings. The molecule has 0 spiro atoms. The predicted molar refractivity (Wildman–Crippen MR) is 84.0 cm³/mol. The van der Waals surface area contributed by atoms with Gasteiger partial charge in [-0.3, -0.25) is 25.2 Å². The van der Waals surface area contributed by atoms with E-state index < -0.39 is 17.4 Å². The van der Waals surface area contributed by atoms with Crippen molar-refractivity contribution in [2.24, 2.45) is 0 Å². The Kier molecular flexibility index (Phi) is 4.35. The minimum atomic E-state index is -0.725. The highest BCUT2D eigenvalue weighted by Crippen LogP contribution is 2.17. The van der Waals surface area contributed by atoms with Gasteiger partial charge >= 0.3 is 0 Å². The first-order valence-electron chi connectivity index (χ1n) is 7.05. The number of aryl methyl sites for hydroxylation is 1. The predicted octanol–water partition coefficient (Wildman–Crippen LogP) is 0.779. The first kappa shape index (κ1) is 16.5. The van der Waals surface area contributed by atoms with Crippen molar-refractivity contribution in [2.45, 2.75) is 33.1 Å². The molecule has 0 unspecified atom stereocenters. The lowest BCUT2D eigenvalue weighted by molar-refractivity contribution is 0.0842. The van der Waals surface area contributed by atoms with Gasteiger partial charge in [-0.1, -0.05) is 20.8 Å². The summed E-state index contributed by atoms with van der Waals surface area (Å²) in [7, 11) is 0. The van der Waals surface area contributed by atoms with Gasteiger partial charge in [0.05, 0.1) is 5.69 Å². The Morgan fingerprint density at radius 1 is 1.17 bits per heavy atom. The maximum absolute atomic E-state index is 12.1. The molecular formula is C15H19N5O3. The summed E-state index contributed by atoms with van der Waals surface area (Å²) >= 11 is 0. The molecule has 0 aliphatic carbocycles. The molecule has 2 aromatic rings. The molecule has 0 saturated heterocycles. The number of amides is 2. The standard InChI is InChI=1S/C15H19N5O3/c1-8-10(12(22)18-14(17-8)15(2,3)4)13(23)20-19-11(21)9-6-5-7-16-9/h5-7,16H,1-4H3,(H,19,21)(H,20,23)(H,17,18,22). The van der Waals surface area contributed by atoms with Gasteiger partial charge in [0.15, 0.2) is 0 Å². The van der Waals surface area contributed by atoms with Crippen LogP contribution in [0.2, 0.25) is 0 Å². The second-order valence-electron chi connectivity index (χ2n) is 6.12. The molecule has 0 bridgehead atoms. The van der Waals surface area contributed by atoms with Crippen molar-refractivity contribution in [1.82, 2.24) is 25.8 Å². The summed E-state index contributed by atoms with van der Waals surface area (Å²) in [5.41, 5.74) is 4.00. The number of nitrogens with one attached hydrogen (secondary N) is 4. The number of hydrogen-bond donors (Lipinski definition) is 4. The van der Waals surface area contributed by atoms with Crippen LogP contribution in [0.4, 0.5) is 0 Å². The van der Waals surface area contributed by atoms with Gasteiger partial charge < -0.3 is 9.97 Å². The zero-order valence-electron chi connectivity index (χ0n) is 13.4. The van der Waals surface area contributed by atoms with Crippen LogP contribution in [0.15, 0.2) is 23.1 Å². The molecule has 0 fully saturated rings. The zero-order chi connectivity index (χ0) is 17.2. The van der Waals surface area contributed by atoms with Crippen molar-refractivity contribution in [1.29, 1.82) is 0 Å².